The molecule has 11 nitrogen and oxygen atoms in total. The standard InChI is InChI=1S/C22H25N5O6S/c1-14-23-10-18-11-24(7-8-25(14)18)21(29)20-9-19(34-15(2)28)12-26(20)22(30)33-13-16-3-5-17(6-4-16)27(31)32/h3-6,10,19-20H,7-9,11-13H2,1-2H3/t19-,20-/m0/s1. The summed E-state index contributed by atoms with van der Waals surface area (Å²) in [5, 5.41) is 10.5. The molecule has 2 aliphatic rings. The number of rotatable bonds is 5. The van der Waals surface area contributed by atoms with Gasteiger partial charge in [-0.15, -0.1) is 0 Å². The second-order valence-corrected chi connectivity index (χ2v) is 9.80. The molecule has 0 unspecified atom stereocenters. The molecule has 34 heavy (non-hydrogen) atoms. The highest BCUT2D eigenvalue weighted by molar-refractivity contribution is 8.14. The van der Waals surface area contributed by atoms with Crippen LogP contribution in [0.15, 0.2) is 30.5 Å². The van der Waals surface area contributed by atoms with Gasteiger partial charge in [0.1, 0.15) is 18.5 Å². The summed E-state index contributed by atoms with van der Waals surface area (Å²) in [6.45, 7) is 5.08. The molecule has 0 N–H and O–H groups in total. The number of nitrogens with zero attached hydrogens (tertiary/aromatic N) is 5. The molecule has 0 aliphatic carbocycles. The third-order valence-electron chi connectivity index (χ3n) is 6.02. The number of non-ortho nitro benzene ring substituents is 1. The number of likely N-dealkylation sites (tertiary alicyclic amines) is 1. The number of aromatic nitrogens is 2. The van der Waals surface area contributed by atoms with Gasteiger partial charge in [0, 0.05) is 43.9 Å². The molecule has 0 bridgehead atoms. The van der Waals surface area contributed by atoms with Crippen molar-refractivity contribution in [2.75, 3.05) is 13.1 Å². The predicted octanol–water partition coefficient (Wildman–Crippen LogP) is 2.50. The van der Waals surface area contributed by atoms with E-state index >= 15 is 0 Å². The Balaban J connectivity index is 1.44. The number of carbonyl (C=O) groups excluding carboxylic acids is 3. The summed E-state index contributed by atoms with van der Waals surface area (Å²) < 4.78 is 7.50. The van der Waals surface area contributed by atoms with Crippen molar-refractivity contribution in [3.05, 3.63) is 57.7 Å². The van der Waals surface area contributed by atoms with E-state index in [0.717, 1.165) is 23.3 Å². The lowest BCUT2D eigenvalue weighted by Gasteiger charge is -2.33. The van der Waals surface area contributed by atoms with Crippen molar-refractivity contribution < 1.29 is 24.0 Å². The molecule has 3 heterocycles. The largest absolute Gasteiger partial charge is 0.445 e. The Kier molecular flexibility index (Phi) is 6.87. The number of ether oxygens (including phenoxy) is 1. The van der Waals surface area contributed by atoms with Gasteiger partial charge in [-0.1, -0.05) is 11.8 Å². The van der Waals surface area contributed by atoms with Crippen LogP contribution in [-0.2, 0) is 34.0 Å². The molecule has 1 aromatic carbocycles. The summed E-state index contributed by atoms with van der Waals surface area (Å²) in [5.74, 6) is 0.723. The molecule has 2 aromatic rings. The average molecular weight is 488 g/mol. The number of nitro benzene ring substituents is 1. The van der Waals surface area contributed by atoms with E-state index in [4.69, 9.17) is 4.74 Å². The molecule has 2 atom stereocenters. The van der Waals surface area contributed by atoms with Crippen LogP contribution in [-0.4, -0.2) is 65.8 Å². The molecule has 0 spiro atoms. The van der Waals surface area contributed by atoms with Gasteiger partial charge < -0.3 is 14.2 Å². The van der Waals surface area contributed by atoms with Crippen LogP contribution >= 0.6 is 11.8 Å². The summed E-state index contributed by atoms with van der Waals surface area (Å²) in [5.41, 5.74) is 1.48. The smallest absolute Gasteiger partial charge is 0.410 e. The third-order valence-corrected chi connectivity index (χ3v) is 7.03. The van der Waals surface area contributed by atoms with Crippen molar-refractivity contribution in [3.8, 4) is 0 Å². The lowest BCUT2D eigenvalue weighted by atomic mass is 10.1. The summed E-state index contributed by atoms with van der Waals surface area (Å²) in [7, 11) is 0. The number of thioether (sulfide) groups is 1. The summed E-state index contributed by atoms with van der Waals surface area (Å²) in [6, 6.07) is 4.99. The van der Waals surface area contributed by atoms with Crippen molar-refractivity contribution in [3.63, 3.8) is 0 Å². The lowest BCUT2D eigenvalue weighted by molar-refractivity contribution is -0.384. The normalized spacial score (nSPS) is 19.6. The number of imidazole rings is 1. The van der Waals surface area contributed by atoms with Crippen molar-refractivity contribution in [1.82, 2.24) is 19.4 Å². The van der Waals surface area contributed by atoms with Gasteiger partial charge in [0.25, 0.3) is 5.69 Å². The fourth-order valence-electron chi connectivity index (χ4n) is 4.34. The fraction of sp³-hybridized carbons (Fsp3) is 0.455. The van der Waals surface area contributed by atoms with Gasteiger partial charge in [-0.05, 0) is 31.0 Å². The maximum Gasteiger partial charge on any atom is 0.410 e. The number of amides is 2. The molecule has 0 radical (unpaired) electrons. The van der Waals surface area contributed by atoms with E-state index in [-0.39, 0.29) is 35.1 Å². The SMILES string of the molecule is CC(=O)S[C@H]1C[C@@H](C(=O)N2CCn3c(cnc3C)C2)N(C(=O)OCc2ccc([N+](=O)[O-])cc2)C1. The Morgan fingerprint density at radius 1 is 1.24 bits per heavy atom. The highest BCUT2D eigenvalue weighted by atomic mass is 32.2. The Labute approximate surface area is 200 Å². The van der Waals surface area contributed by atoms with E-state index in [1.807, 2.05) is 6.92 Å². The van der Waals surface area contributed by atoms with Crippen LogP contribution in [0.4, 0.5) is 10.5 Å². The van der Waals surface area contributed by atoms with Crippen LogP contribution in [0.3, 0.4) is 0 Å². The van der Waals surface area contributed by atoms with Gasteiger partial charge >= 0.3 is 6.09 Å². The number of carbonyl (C=O) groups is 3. The summed E-state index contributed by atoms with van der Waals surface area (Å²) >= 11 is 1.12. The molecular weight excluding hydrogens is 462 g/mol. The van der Waals surface area contributed by atoms with Gasteiger partial charge in [0.15, 0.2) is 5.12 Å². The van der Waals surface area contributed by atoms with Crippen molar-refractivity contribution in [2.45, 2.75) is 51.3 Å². The predicted molar refractivity (Wildman–Crippen MR) is 123 cm³/mol. The van der Waals surface area contributed by atoms with E-state index in [9.17, 15) is 24.5 Å². The van der Waals surface area contributed by atoms with E-state index in [0.29, 0.717) is 31.6 Å². The number of nitro groups is 1. The van der Waals surface area contributed by atoms with Crippen LogP contribution in [0.5, 0.6) is 0 Å². The Hall–Kier alpha value is -3.41. The molecule has 1 saturated heterocycles. The molecule has 12 heteroatoms. The van der Waals surface area contributed by atoms with Crippen LogP contribution < -0.4 is 0 Å². The highest BCUT2D eigenvalue weighted by Crippen LogP contribution is 2.31. The molecule has 1 aromatic heterocycles. The monoisotopic (exact) mass is 487 g/mol. The number of aryl methyl sites for hydroxylation is 1. The first kappa shape index (κ1) is 23.7. The molecule has 4 rings (SSSR count). The van der Waals surface area contributed by atoms with Gasteiger partial charge in [0.05, 0.1) is 23.4 Å². The van der Waals surface area contributed by atoms with Crippen LogP contribution in [0.1, 0.15) is 30.4 Å². The Morgan fingerprint density at radius 3 is 2.65 bits per heavy atom. The number of fused-ring (bicyclic) bond motifs is 1. The Bertz CT molecular complexity index is 1120. The molecule has 2 aliphatic heterocycles. The topological polar surface area (TPSA) is 128 Å². The van der Waals surface area contributed by atoms with E-state index in [2.05, 4.69) is 9.55 Å². The second kappa shape index (κ2) is 9.84. The minimum absolute atomic E-state index is 0.0533. The Morgan fingerprint density at radius 2 is 1.97 bits per heavy atom. The summed E-state index contributed by atoms with van der Waals surface area (Å²) in [6.07, 6.45) is 1.47. The zero-order chi connectivity index (χ0) is 24.4. The van der Waals surface area contributed by atoms with Gasteiger partial charge in [-0.2, -0.15) is 0 Å². The zero-order valence-corrected chi connectivity index (χ0v) is 19.7. The molecular formula is C22H25N5O6S. The fourth-order valence-corrected chi connectivity index (χ4v) is 5.32. The van der Waals surface area contributed by atoms with E-state index < -0.39 is 17.1 Å². The van der Waals surface area contributed by atoms with Gasteiger partial charge in [-0.25, -0.2) is 9.78 Å². The van der Waals surface area contributed by atoms with E-state index in [1.165, 1.54) is 36.1 Å². The molecule has 180 valence electrons. The van der Waals surface area contributed by atoms with Gasteiger partial charge in [-0.3, -0.25) is 24.6 Å². The minimum Gasteiger partial charge on any atom is -0.445 e. The highest BCUT2D eigenvalue weighted by Gasteiger charge is 2.43. The van der Waals surface area contributed by atoms with Crippen molar-refractivity contribution >= 4 is 34.6 Å². The summed E-state index contributed by atoms with van der Waals surface area (Å²) in [4.78, 5) is 55.8. The molecule has 1 fully saturated rings. The maximum atomic E-state index is 13.4. The van der Waals surface area contributed by atoms with Crippen LogP contribution in [0.2, 0.25) is 0 Å². The first-order chi connectivity index (χ1) is 16.2. The first-order valence-corrected chi connectivity index (χ1v) is 11.7. The average Bonchev–Trinajstić information content (AvgIpc) is 3.40. The van der Waals surface area contributed by atoms with E-state index in [1.54, 1.807) is 11.1 Å². The second-order valence-electron chi connectivity index (χ2n) is 8.32. The first-order valence-electron chi connectivity index (χ1n) is 10.9. The number of hydrogen-bond acceptors (Lipinski definition) is 8. The van der Waals surface area contributed by atoms with Crippen LogP contribution in [0.25, 0.3) is 0 Å². The molecule has 2 amide bonds. The third kappa shape index (κ3) is 5.06. The quantitative estimate of drug-likeness (QED) is 0.465. The zero-order valence-electron chi connectivity index (χ0n) is 18.9. The van der Waals surface area contributed by atoms with Crippen LogP contribution in [0, 0.1) is 17.0 Å². The maximum absolute atomic E-state index is 13.4. The van der Waals surface area contributed by atoms with Crippen molar-refractivity contribution in [2.24, 2.45) is 0 Å². The van der Waals surface area contributed by atoms with Gasteiger partial charge in [0.2, 0.25) is 5.91 Å². The minimum atomic E-state index is -0.725. The van der Waals surface area contributed by atoms with Crippen molar-refractivity contribution in [1.29, 1.82) is 0 Å². The number of hydrogen-bond donors (Lipinski definition) is 0. The molecule has 0 saturated carbocycles. The number of benzene rings is 1. The lowest BCUT2D eigenvalue weighted by Crippen LogP contribution is -2.49.